The lowest BCUT2D eigenvalue weighted by Crippen LogP contribution is -2.42. The van der Waals surface area contributed by atoms with Crippen molar-refractivity contribution in [3.05, 3.63) is 69.2 Å². The van der Waals surface area contributed by atoms with Crippen LogP contribution < -0.4 is 11.1 Å². The number of hydrogen-bond donors (Lipinski definition) is 2. The lowest BCUT2D eigenvalue weighted by Gasteiger charge is -2.22. The van der Waals surface area contributed by atoms with Crippen LogP contribution in [0.2, 0.25) is 10.0 Å². The fourth-order valence-corrected chi connectivity index (χ4v) is 3.02. The Morgan fingerprint density at radius 1 is 0.960 bits per heavy atom. The second-order valence-electron chi connectivity index (χ2n) is 5.12. The molecule has 0 bridgehead atoms. The molecule has 0 radical (unpaired) electrons. The minimum atomic E-state index is -0.661. The van der Waals surface area contributed by atoms with Gasteiger partial charge >= 0.3 is 0 Å². The first-order valence-electron chi connectivity index (χ1n) is 8.63. The van der Waals surface area contributed by atoms with Crippen LogP contribution in [0.3, 0.4) is 0 Å². The van der Waals surface area contributed by atoms with Crippen molar-refractivity contribution in [3.8, 4) is 0 Å². The largest absolute Gasteiger partial charge is 0.351 e. The zero-order valence-corrected chi connectivity index (χ0v) is 16.7. The van der Waals surface area contributed by atoms with Gasteiger partial charge in [-0.2, -0.15) is 0 Å². The molecule has 0 saturated carbocycles. The summed E-state index contributed by atoms with van der Waals surface area (Å²) in [6.07, 6.45) is 0. The molecule has 1 heterocycles. The molecule has 3 nitrogen and oxygen atoms in total. The molecule has 1 amide bonds. The van der Waals surface area contributed by atoms with Gasteiger partial charge in [0.05, 0.1) is 6.04 Å². The summed E-state index contributed by atoms with van der Waals surface area (Å²) in [7, 11) is 0. The van der Waals surface area contributed by atoms with Gasteiger partial charge in [-0.1, -0.05) is 69.1 Å². The molecule has 2 unspecified atom stereocenters. The Bertz CT molecular complexity index is 687. The van der Waals surface area contributed by atoms with Gasteiger partial charge in [-0.3, -0.25) is 4.79 Å². The quantitative estimate of drug-likeness (QED) is 0.719. The maximum Gasteiger partial charge on any atom is 0.238 e. The zero-order valence-electron chi connectivity index (χ0n) is 15.1. The van der Waals surface area contributed by atoms with Crippen LogP contribution in [0.5, 0.6) is 0 Å². The Labute approximate surface area is 160 Å². The molecule has 2 aromatic carbocycles. The van der Waals surface area contributed by atoms with Gasteiger partial charge in [0.15, 0.2) is 0 Å². The molecule has 0 spiro atoms. The summed E-state index contributed by atoms with van der Waals surface area (Å²) >= 11 is 12.1. The van der Waals surface area contributed by atoms with Crippen LogP contribution in [0, 0.1) is 0 Å². The lowest BCUT2D eigenvalue weighted by molar-refractivity contribution is -0.122. The van der Waals surface area contributed by atoms with Crippen LogP contribution in [0.15, 0.2) is 42.5 Å². The normalized spacial score (nSPS) is 18.4. The summed E-state index contributed by atoms with van der Waals surface area (Å²) in [5, 5.41) is 4.13. The van der Waals surface area contributed by atoms with Crippen molar-refractivity contribution in [1.82, 2.24) is 5.32 Å². The van der Waals surface area contributed by atoms with E-state index < -0.39 is 6.04 Å². The molecular formula is C20H26Cl2N2O. The van der Waals surface area contributed by atoms with Crippen molar-refractivity contribution in [2.24, 2.45) is 5.73 Å². The smallest absolute Gasteiger partial charge is 0.238 e. The van der Waals surface area contributed by atoms with Gasteiger partial charge in [0.1, 0.15) is 0 Å². The van der Waals surface area contributed by atoms with E-state index >= 15 is 0 Å². The molecule has 136 valence electrons. The number of halogens is 2. The number of carbonyl (C=O) groups is 1. The average Bonchev–Trinajstić information content (AvgIpc) is 2.76. The monoisotopic (exact) mass is 380 g/mol. The first-order valence-corrected chi connectivity index (χ1v) is 9.39. The van der Waals surface area contributed by atoms with Crippen LogP contribution in [-0.2, 0) is 11.3 Å². The molecule has 1 aliphatic heterocycles. The third-order valence-electron chi connectivity index (χ3n) is 3.79. The van der Waals surface area contributed by atoms with Crippen molar-refractivity contribution in [2.45, 2.75) is 46.2 Å². The van der Waals surface area contributed by atoms with E-state index in [0.29, 0.717) is 16.6 Å². The van der Waals surface area contributed by atoms with E-state index in [1.54, 1.807) is 12.1 Å². The number of nitrogens with one attached hydrogen (secondary N) is 1. The van der Waals surface area contributed by atoms with Gasteiger partial charge in [0, 0.05) is 22.5 Å². The van der Waals surface area contributed by atoms with E-state index in [-0.39, 0.29) is 11.8 Å². The summed E-state index contributed by atoms with van der Waals surface area (Å²) in [6.45, 7) is 8.46. The minimum absolute atomic E-state index is 0.165. The van der Waals surface area contributed by atoms with E-state index in [4.69, 9.17) is 28.9 Å². The highest BCUT2D eigenvalue weighted by atomic mass is 35.5. The molecule has 0 saturated heterocycles. The van der Waals surface area contributed by atoms with Gasteiger partial charge < -0.3 is 11.1 Å². The van der Waals surface area contributed by atoms with Gasteiger partial charge in [-0.25, -0.2) is 0 Å². The Hall–Kier alpha value is -1.55. The van der Waals surface area contributed by atoms with Crippen molar-refractivity contribution < 1.29 is 4.79 Å². The molecule has 2 atom stereocenters. The van der Waals surface area contributed by atoms with Crippen LogP contribution in [0.1, 0.15) is 50.3 Å². The van der Waals surface area contributed by atoms with E-state index in [0.717, 1.165) is 16.7 Å². The number of fused-ring (bicyclic) bond motifs is 1. The average molecular weight is 381 g/mol. The standard InChI is InChI=1S/C16H14Cl2N2O.2C2H6/c17-11-4-1-9(2-5-11)14-13-7-12(18)6-3-10(13)8-20-16(21)15(14)19;2*1-2/h1-7,14-15H,8,19H2,(H,20,21);2*1-2H3. The first-order chi connectivity index (χ1) is 12.1. The number of hydrogen-bond acceptors (Lipinski definition) is 2. The van der Waals surface area contributed by atoms with E-state index in [9.17, 15) is 4.79 Å². The molecule has 0 aromatic heterocycles. The Kier molecular flexibility index (Phi) is 8.98. The zero-order chi connectivity index (χ0) is 19.0. The fourth-order valence-electron chi connectivity index (χ4n) is 2.72. The summed E-state index contributed by atoms with van der Waals surface area (Å²) in [5.41, 5.74) is 9.13. The third-order valence-corrected chi connectivity index (χ3v) is 4.27. The number of carbonyl (C=O) groups excluding carboxylic acids is 1. The second-order valence-corrected chi connectivity index (χ2v) is 5.99. The van der Waals surface area contributed by atoms with E-state index in [1.165, 1.54) is 0 Å². The predicted molar refractivity (Wildman–Crippen MR) is 107 cm³/mol. The number of nitrogens with two attached hydrogens (primary N) is 1. The van der Waals surface area contributed by atoms with Crippen molar-refractivity contribution in [3.63, 3.8) is 0 Å². The topological polar surface area (TPSA) is 55.1 Å². The van der Waals surface area contributed by atoms with Gasteiger partial charge in [-0.05, 0) is 41.0 Å². The summed E-state index contributed by atoms with van der Waals surface area (Å²) in [6, 6.07) is 12.4. The second kappa shape index (κ2) is 10.4. The number of benzene rings is 2. The van der Waals surface area contributed by atoms with Crippen molar-refractivity contribution in [2.75, 3.05) is 0 Å². The Balaban J connectivity index is 0.000000730. The van der Waals surface area contributed by atoms with E-state index in [1.807, 2.05) is 58.0 Å². The van der Waals surface area contributed by atoms with Crippen molar-refractivity contribution in [1.29, 1.82) is 0 Å². The molecule has 3 N–H and O–H groups in total. The molecular weight excluding hydrogens is 355 g/mol. The SMILES string of the molecule is CC.CC.NC1C(=O)NCc2ccc(Cl)cc2C1c1ccc(Cl)cc1. The fraction of sp³-hybridized carbons (Fsp3) is 0.350. The van der Waals surface area contributed by atoms with E-state index in [2.05, 4.69) is 5.32 Å². The highest BCUT2D eigenvalue weighted by molar-refractivity contribution is 6.31. The van der Waals surface area contributed by atoms with Crippen LogP contribution >= 0.6 is 23.2 Å². The predicted octanol–water partition coefficient (Wildman–Crippen LogP) is 5.13. The summed E-state index contributed by atoms with van der Waals surface area (Å²) < 4.78 is 0. The molecule has 1 aliphatic rings. The molecule has 2 aromatic rings. The van der Waals surface area contributed by atoms with Crippen LogP contribution in [0.4, 0.5) is 0 Å². The maximum absolute atomic E-state index is 12.1. The minimum Gasteiger partial charge on any atom is -0.351 e. The van der Waals surface area contributed by atoms with Crippen LogP contribution in [-0.4, -0.2) is 11.9 Å². The van der Waals surface area contributed by atoms with Crippen molar-refractivity contribution >= 4 is 29.1 Å². The highest BCUT2D eigenvalue weighted by Crippen LogP contribution is 2.34. The molecule has 0 aliphatic carbocycles. The first kappa shape index (κ1) is 21.5. The highest BCUT2D eigenvalue weighted by Gasteiger charge is 2.32. The summed E-state index contributed by atoms with van der Waals surface area (Å²) in [4.78, 5) is 12.1. The van der Waals surface area contributed by atoms with Crippen LogP contribution in [0.25, 0.3) is 0 Å². The number of amides is 1. The molecule has 3 rings (SSSR count). The lowest BCUT2D eigenvalue weighted by atomic mass is 9.84. The Morgan fingerprint density at radius 2 is 1.52 bits per heavy atom. The summed E-state index contributed by atoms with van der Waals surface area (Å²) in [5.74, 6) is -0.402. The number of rotatable bonds is 1. The third kappa shape index (κ3) is 5.21. The maximum atomic E-state index is 12.1. The van der Waals surface area contributed by atoms with Gasteiger partial charge in [0.2, 0.25) is 5.91 Å². The Morgan fingerprint density at radius 3 is 2.12 bits per heavy atom. The molecule has 0 fully saturated rings. The molecule has 25 heavy (non-hydrogen) atoms. The molecule has 5 heteroatoms. The van der Waals surface area contributed by atoms with Gasteiger partial charge in [-0.15, -0.1) is 0 Å². The van der Waals surface area contributed by atoms with Gasteiger partial charge in [0.25, 0.3) is 0 Å².